The fourth-order valence-corrected chi connectivity index (χ4v) is 3.74. The molecule has 0 aliphatic carbocycles. The summed E-state index contributed by atoms with van der Waals surface area (Å²) in [7, 11) is 0. The van der Waals surface area contributed by atoms with Gasteiger partial charge in [0.2, 0.25) is 0 Å². The van der Waals surface area contributed by atoms with E-state index in [0.29, 0.717) is 32.0 Å². The number of morpholine rings is 1. The molecule has 2 aliphatic heterocycles. The van der Waals surface area contributed by atoms with Crippen molar-refractivity contribution in [2.45, 2.75) is 24.9 Å². The summed E-state index contributed by atoms with van der Waals surface area (Å²) in [4.78, 5) is 18.1. The van der Waals surface area contributed by atoms with Gasteiger partial charge in [-0.2, -0.15) is 0 Å². The zero-order valence-corrected chi connectivity index (χ0v) is 14.4. The van der Waals surface area contributed by atoms with Crippen molar-refractivity contribution in [3.05, 3.63) is 59.4 Å². The van der Waals surface area contributed by atoms with Crippen LogP contribution in [0.4, 0.5) is 0 Å². The summed E-state index contributed by atoms with van der Waals surface area (Å²) >= 11 is 0. The molecule has 2 aliphatic rings. The Balaban J connectivity index is 1.44. The van der Waals surface area contributed by atoms with E-state index in [0.717, 1.165) is 31.6 Å². The zero-order chi connectivity index (χ0) is 17.1. The molecule has 1 unspecified atom stereocenters. The Kier molecular flexibility index (Phi) is 4.59. The van der Waals surface area contributed by atoms with E-state index in [1.165, 1.54) is 5.56 Å². The third-order valence-corrected chi connectivity index (χ3v) is 5.04. The molecule has 1 aromatic heterocycles. The molecule has 1 amide bonds. The van der Waals surface area contributed by atoms with E-state index in [1.54, 1.807) is 0 Å². The first-order valence-electron chi connectivity index (χ1n) is 8.97. The van der Waals surface area contributed by atoms with Crippen LogP contribution in [0.15, 0.2) is 42.5 Å². The first-order valence-corrected chi connectivity index (χ1v) is 8.97. The minimum Gasteiger partial charge on any atom is -0.378 e. The van der Waals surface area contributed by atoms with Gasteiger partial charge in [0, 0.05) is 25.3 Å². The lowest BCUT2D eigenvalue weighted by Crippen LogP contribution is -2.57. The Morgan fingerprint density at radius 1 is 1.16 bits per heavy atom. The van der Waals surface area contributed by atoms with Crippen LogP contribution in [-0.2, 0) is 15.9 Å². The van der Waals surface area contributed by atoms with E-state index in [2.05, 4.69) is 17.1 Å². The summed E-state index contributed by atoms with van der Waals surface area (Å²) < 4.78 is 11.6. The van der Waals surface area contributed by atoms with Gasteiger partial charge in [-0.1, -0.05) is 30.3 Å². The molecule has 3 heterocycles. The number of nitrogens with zero attached hydrogens (tertiary/aromatic N) is 1. The lowest BCUT2D eigenvalue weighted by molar-refractivity contribution is -0.160. The molecule has 5 nitrogen and oxygen atoms in total. The fraction of sp³-hybridized carbons (Fsp3) is 0.450. The van der Waals surface area contributed by atoms with Gasteiger partial charge in [0.05, 0.1) is 19.8 Å². The summed E-state index contributed by atoms with van der Waals surface area (Å²) in [6.45, 7) is 3.19. The van der Waals surface area contributed by atoms with Gasteiger partial charge in [-0.05, 0) is 30.5 Å². The number of aromatic amines is 1. The van der Waals surface area contributed by atoms with Crippen LogP contribution in [0, 0.1) is 0 Å². The molecule has 4 rings (SSSR count). The maximum absolute atomic E-state index is 12.9. The van der Waals surface area contributed by atoms with Crippen molar-refractivity contribution < 1.29 is 14.3 Å². The predicted octanol–water partition coefficient (Wildman–Crippen LogP) is 2.63. The molecule has 1 aromatic carbocycles. The van der Waals surface area contributed by atoms with Crippen molar-refractivity contribution in [3.63, 3.8) is 0 Å². The smallest absolute Gasteiger partial charge is 0.270 e. The zero-order valence-electron chi connectivity index (χ0n) is 14.4. The monoisotopic (exact) mass is 340 g/mol. The van der Waals surface area contributed by atoms with E-state index in [9.17, 15) is 4.79 Å². The number of amides is 1. The van der Waals surface area contributed by atoms with Gasteiger partial charge in [-0.25, -0.2) is 0 Å². The number of hydrogen-bond acceptors (Lipinski definition) is 3. The molecule has 2 saturated heterocycles. The maximum Gasteiger partial charge on any atom is 0.270 e. The van der Waals surface area contributed by atoms with Crippen molar-refractivity contribution in [2.24, 2.45) is 0 Å². The second kappa shape index (κ2) is 7.02. The SMILES string of the molecule is O=C(c1ccc(Cc2ccccc2)[nH]1)N1CCOC2(CCCOC2)C1. The molecule has 1 atom stereocenters. The molecule has 1 N–H and O–H groups in total. The molecule has 132 valence electrons. The Morgan fingerprint density at radius 2 is 2.04 bits per heavy atom. The summed E-state index contributed by atoms with van der Waals surface area (Å²) in [5.41, 5.74) is 2.62. The van der Waals surface area contributed by atoms with Crippen LogP contribution in [0.5, 0.6) is 0 Å². The highest BCUT2D eigenvalue weighted by Gasteiger charge is 2.40. The second-order valence-corrected chi connectivity index (χ2v) is 6.97. The molecular weight excluding hydrogens is 316 g/mol. The second-order valence-electron chi connectivity index (χ2n) is 6.97. The molecule has 2 aromatic rings. The number of H-pyrrole nitrogens is 1. The number of rotatable bonds is 3. The quantitative estimate of drug-likeness (QED) is 0.934. The van der Waals surface area contributed by atoms with E-state index >= 15 is 0 Å². The Hall–Kier alpha value is -2.11. The number of carbonyl (C=O) groups is 1. The topological polar surface area (TPSA) is 54.6 Å². The van der Waals surface area contributed by atoms with E-state index in [-0.39, 0.29) is 11.5 Å². The van der Waals surface area contributed by atoms with Crippen molar-refractivity contribution in [1.82, 2.24) is 9.88 Å². The number of benzene rings is 1. The fourth-order valence-electron chi connectivity index (χ4n) is 3.74. The maximum atomic E-state index is 12.9. The summed E-state index contributed by atoms with van der Waals surface area (Å²) in [5.74, 6) is 0.0487. The van der Waals surface area contributed by atoms with Crippen LogP contribution in [-0.4, -0.2) is 54.3 Å². The largest absolute Gasteiger partial charge is 0.378 e. The van der Waals surface area contributed by atoms with Crippen LogP contribution in [0.3, 0.4) is 0 Å². The third-order valence-electron chi connectivity index (χ3n) is 5.04. The first-order chi connectivity index (χ1) is 12.2. The number of ether oxygens (including phenoxy) is 2. The lowest BCUT2D eigenvalue weighted by Gasteiger charge is -2.44. The van der Waals surface area contributed by atoms with Gasteiger partial charge in [0.15, 0.2) is 0 Å². The molecule has 1 spiro atoms. The van der Waals surface area contributed by atoms with Gasteiger partial charge in [0.25, 0.3) is 5.91 Å². The van der Waals surface area contributed by atoms with Gasteiger partial charge >= 0.3 is 0 Å². The molecule has 0 radical (unpaired) electrons. The molecule has 2 fully saturated rings. The first kappa shape index (κ1) is 16.4. The standard InChI is InChI=1S/C20H24N2O3/c23-19(22-10-12-25-20(14-22)9-4-11-24-15-20)18-8-7-17(21-18)13-16-5-2-1-3-6-16/h1-3,5-8,21H,4,9-15H2. The van der Waals surface area contributed by atoms with Gasteiger partial charge in [0.1, 0.15) is 11.3 Å². The predicted molar refractivity (Wildman–Crippen MR) is 94.7 cm³/mol. The van der Waals surface area contributed by atoms with Crippen molar-refractivity contribution in [1.29, 1.82) is 0 Å². The number of nitrogens with one attached hydrogen (secondary N) is 1. The van der Waals surface area contributed by atoms with Crippen LogP contribution in [0.2, 0.25) is 0 Å². The van der Waals surface area contributed by atoms with Crippen molar-refractivity contribution >= 4 is 5.91 Å². The van der Waals surface area contributed by atoms with E-state index in [1.807, 2.05) is 35.2 Å². The van der Waals surface area contributed by atoms with Crippen LogP contribution in [0.1, 0.15) is 34.6 Å². The van der Waals surface area contributed by atoms with Gasteiger partial charge in [-0.3, -0.25) is 4.79 Å². The minimum absolute atomic E-state index is 0.0487. The molecular formula is C20H24N2O3. The van der Waals surface area contributed by atoms with Crippen molar-refractivity contribution in [2.75, 3.05) is 32.9 Å². The Labute approximate surface area is 147 Å². The van der Waals surface area contributed by atoms with E-state index in [4.69, 9.17) is 9.47 Å². The summed E-state index contributed by atoms with van der Waals surface area (Å²) in [6.07, 6.45) is 2.75. The molecule has 5 heteroatoms. The Bertz CT molecular complexity index is 714. The highest BCUT2D eigenvalue weighted by atomic mass is 16.5. The van der Waals surface area contributed by atoms with Crippen LogP contribution in [0.25, 0.3) is 0 Å². The van der Waals surface area contributed by atoms with Crippen LogP contribution >= 0.6 is 0 Å². The molecule has 0 bridgehead atoms. The highest BCUT2D eigenvalue weighted by Crippen LogP contribution is 2.28. The van der Waals surface area contributed by atoms with Gasteiger partial charge < -0.3 is 19.4 Å². The van der Waals surface area contributed by atoms with Gasteiger partial charge in [-0.15, -0.1) is 0 Å². The lowest BCUT2D eigenvalue weighted by atomic mass is 9.94. The minimum atomic E-state index is -0.314. The summed E-state index contributed by atoms with van der Waals surface area (Å²) in [5, 5.41) is 0. The number of aromatic nitrogens is 1. The van der Waals surface area contributed by atoms with E-state index < -0.39 is 0 Å². The highest BCUT2D eigenvalue weighted by molar-refractivity contribution is 5.92. The third kappa shape index (κ3) is 3.62. The Morgan fingerprint density at radius 3 is 2.84 bits per heavy atom. The van der Waals surface area contributed by atoms with Crippen LogP contribution < -0.4 is 0 Å². The average molecular weight is 340 g/mol. The average Bonchev–Trinajstić information content (AvgIpc) is 3.11. The molecule has 25 heavy (non-hydrogen) atoms. The summed E-state index contributed by atoms with van der Waals surface area (Å²) in [6, 6.07) is 14.2. The normalized spacial score (nSPS) is 23.8. The molecule has 0 saturated carbocycles. The number of hydrogen-bond donors (Lipinski definition) is 1. The number of carbonyl (C=O) groups excluding carboxylic acids is 1. The van der Waals surface area contributed by atoms with Crippen molar-refractivity contribution in [3.8, 4) is 0 Å².